The van der Waals surface area contributed by atoms with Crippen molar-refractivity contribution in [1.82, 2.24) is 4.57 Å². The van der Waals surface area contributed by atoms with Crippen molar-refractivity contribution in [2.75, 3.05) is 6.61 Å². The molecule has 0 fully saturated rings. The van der Waals surface area contributed by atoms with E-state index < -0.39 is 5.54 Å². The highest BCUT2D eigenvalue weighted by Gasteiger charge is 2.27. The third-order valence-corrected chi connectivity index (χ3v) is 3.30. The number of aliphatic hydroxyl groups is 1. The van der Waals surface area contributed by atoms with E-state index >= 15 is 0 Å². The van der Waals surface area contributed by atoms with Crippen LogP contribution in [0.1, 0.15) is 18.2 Å². The Labute approximate surface area is 95.5 Å². The van der Waals surface area contributed by atoms with Crippen LogP contribution < -0.4 is 5.73 Å². The molecule has 86 valence electrons. The lowest BCUT2D eigenvalue weighted by molar-refractivity contribution is 0.210. The molecule has 0 saturated carbocycles. The summed E-state index contributed by atoms with van der Waals surface area (Å²) in [6.45, 7) is 3.85. The van der Waals surface area contributed by atoms with E-state index in [1.807, 2.05) is 33.0 Å². The molecule has 3 nitrogen and oxygen atoms in total. The number of nitrogens with zero attached hydrogens (tertiary/aromatic N) is 1. The van der Waals surface area contributed by atoms with E-state index in [1.165, 1.54) is 0 Å². The average Bonchev–Trinajstić information content (AvgIpc) is 2.53. The predicted molar refractivity (Wildman–Crippen MR) is 66.3 cm³/mol. The number of para-hydroxylation sites is 1. The molecule has 0 aliphatic carbocycles. The third kappa shape index (κ3) is 1.44. The normalized spacial score (nSPS) is 15.3. The van der Waals surface area contributed by atoms with Gasteiger partial charge in [0.05, 0.1) is 12.1 Å². The highest BCUT2D eigenvalue weighted by atomic mass is 16.3. The first-order valence-electron chi connectivity index (χ1n) is 5.43. The lowest BCUT2D eigenvalue weighted by Gasteiger charge is -2.22. The van der Waals surface area contributed by atoms with Crippen molar-refractivity contribution in [2.24, 2.45) is 12.8 Å². The molecule has 0 aliphatic rings. The molecular weight excluding hydrogens is 200 g/mol. The molecule has 1 unspecified atom stereocenters. The summed E-state index contributed by atoms with van der Waals surface area (Å²) in [6, 6.07) is 8.13. The summed E-state index contributed by atoms with van der Waals surface area (Å²) < 4.78 is 2.12. The molecule has 16 heavy (non-hydrogen) atoms. The molecule has 3 heteroatoms. The summed E-state index contributed by atoms with van der Waals surface area (Å²) in [5.41, 5.74) is 8.76. The molecule has 3 N–H and O–H groups in total. The van der Waals surface area contributed by atoms with Gasteiger partial charge < -0.3 is 15.4 Å². The maximum absolute atomic E-state index is 9.41. The van der Waals surface area contributed by atoms with E-state index in [1.54, 1.807) is 0 Å². The van der Waals surface area contributed by atoms with E-state index in [0.29, 0.717) is 0 Å². The zero-order valence-electron chi connectivity index (χ0n) is 9.99. The van der Waals surface area contributed by atoms with Crippen LogP contribution in [0.4, 0.5) is 0 Å². The Kier molecular flexibility index (Phi) is 2.52. The van der Waals surface area contributed by atoms with Crippen molar-refractivity contribution in [1.29, 1.82) is 0 Å². The Balaban J connectivity index is 2.84. The first kappa shape index (κ1) is 11.2. The molecule has 0 aliphatic heterocycles. The van der Waals surface area contributed by atoms with Crippen LogP contribution >= 0.6 is 0 Å². The Hall–Kier alpha value is -1.32. The molecule has 2 rings (SSSR count). The fraction of sp³-hybridized carbons (Fsp3) is 0.385. The molecule has 1 aromatic heterocycles. The Morgan fingerprint density at radius 2 is 2.00 bits per heavy atom. The van der Waals surface area contributed by atoms with E-state index in [2.05, 4.69) is 16.7 Å². The first-order chi connectivity index (χ1) is 7.49. The second kappa shape index (κ2) is 3.61. The number of benzene rings is 1. The number of hydrogen-bond acceptors (Lipinski definition) is 2. The smallest absolute Gasteiger partial charge is 0.0651 e. The van der Waals surface area contributed by atoms with E-state index in [9.17, 15) is 5.11 Å². The molecule has 0 spiro atoms. The van der Waals surface area contributed by atoms with Gasteiger partial charge in [-0.15, -0.1) is 0 Å². The largest absolute Gasteiger partial charge is 0.394 e. The van der Waals surface area contributed by atoms with Gasteiger partial charge in [-0.05, 0) is 19.9 Å². The van der Waals surface area contributed by atoms with Crippen molar-refractivity contribution in [3.8, 4) is 0 Å². The number of rotatable bonds is 2. The van der Waals surface area contributed by atoms with Gasteiger partial charge >= 0.3 is 0 Å². The minimum atomic E-state index is -0.690. The van der Waals surface area contributed by atoms with E-state index in [-0.39, 0.29) is 6.61 Å². The summed E-state index contributed by atoms with van der Waals surface area (Å²) in [5.74, 6) is 0. The van der Waals surface area contributed by atoms with Crippen LogP contribution in [-0.2, 0) is 12.6 Å². The average molecular weight is 218 g/mol. The molecule has 0 bridgehead atoms. The highest BCUT2D eigenvalue weighted by molar-refractivity contribution is 5.86. The SMILES string of the molecule is Cc1c(C(C)(N)CO)c2ccccc2n1C. The zero-order chi connectivity index (χ0) is 11.9. The van der Waals surface area contributed by atoms with Crippen LogP contribution in [0.5, 0.6) is 0 Å². The second-order valence-electron chi connectivity index (χ2n) is 4.61. The van der Waals surface area contributed by atoms with Crippen molar-refractivity contribution < 1.29 is 5.11 Å². The second-order valence-corrected chi connectivity index (χ2v) is 4.61. The summed E-state index contributed by atoms with van der Waals surface area (Å²) in [4.78, 5) is 0. The van der Waals surface area contributed by atoms with E-state index in [4.69, 9.17) is 5.73 Å². The van der Waals surface area contributed by atoms with Gasteiger partial charge in [-0.2, -0.15) is 0 Å². The molecule has 1 heterocycles. The van der Waals surface area contributed by atoms with Crippen molar-refractivity contribution in [3.05, 3.63) is 35.5 Å². The molecule has 0 radical (unpaired) electrons. The summed E-state index contributed by atoms with van der Waals surface area (Å²) in [6.07, 6.45) is 0. The molecule has 1 aromatic carbocycles. The van der Waals surface area contributed by atoms with Crippen molar-refractivity contribution in [3.63, 3.8) is 0 Å². The quantitative estimate of drug-likeness (QED) is 0.805. The van der Waals surface area contributed by atoms with Crippen LogP contribution in [0, 0.1) is 6.92 Å². The fourth-order valence-corrected chi connectivity index (χ4v) is 2.32. The van der Waals surface area contributed by atoms with Gasteiger partial charge in [0.1, 0.15) is 0 Å². The van der Waals surface area contributed by atoms with Gasteiger partial charge in [-0.1, -0.05) is 18.2 Å². The maximum Gasteiger partial charge on any atom is 0.0651 e. The number of nitrogens with two attached hydrogens (primary N) is 1. The standard InChI is InChI=1S/C13H18N2O/c1-9-12(13(2,14)8-16)10-6-4-5-7-11(10)15(9)3/h4-7,16H,8,14H2,1-3H3. The van der Waals surface area contributed by atoms with Gasteiger partial charge in [0.25, 0.3) is 0 Å². The summed E-state index contributed by atoms with van der Waals surface area (Å²) >= 11 is 0. The van der Waals surface area contributed by atoms with Gasteiger partial charge in [0.2, 0.25) is 0 Å². The Morgan fingerprint density at radius 1 is 1.38 bits per heavy atom. The van der Waals surface area contributed by atoms with Gasteiger partial charge in [-0.25, -0.2) is 0 Å². The molecular formula is C13H18N2O. The number of aromatic nitrogens is 1. The summed E-state index contributed by atoms with van der Waals surface area (Å²) in [7, 11) is 2.02. The van der Waals surface area contributed by atoms with Crippen LogP contribution in [0.3, 0.4) is 0 Å². The first-order valence-corrected chi connectivity index (χ1v) is 5.43. The van der Waals surface area contributed by atoms with Crippen LogP contribution in [0.15, 0.2) is 24.3 Å². The van der Waals surface area contributed by atoms with Crippen LogP contribution in [0.25, 0.3) is 10.9 Å². The third-order valence-electron chi connectivity index (χ3n) is 3.30. The predicted octanol–water partition coefficient (Wildman–Crippen LogP) is 1.65. The number of aryl methyl sites for hydroxylation is 1. The van der Waals surface area contributed by atoms with Gasteiger partial charge in [0, 0.05) is 29.2 Å². The molecule has 0 amide bonds. The van der Waals surface area contributed by atoms with Gasteiger partial charge in [-0.3, -0.25) is 0 Å². The van der Waals surface area contributed by atoms with Crippen LogP contribution in [-0.4, -0.2) is 16.3 Å². The fourth-order valence-electron chi connectivity index (χ4n) is 2.32. The topological polar surface area (TPSA) is 51.2 Å². The molecule has 2 aromatic rings. The zero-order valence-corrected chi connectivity index (χ0v) is 9.99. The number of fused-ring (bicyclic) bond motifs is 1. The van der Waals surface area contributed by atoms with E-state index in [0.717, 1.165) is 22.2 Å². The Morgan fingerprint density at radius 3 is 2.62 bits per heavy atom. The minimum absolute atomic E-state index is 0.0537. The lowest BCUT2D eigenvalue weighted by Crippen LogP contribution is -2.37. The Bertz CT molecular complexity index is 526. The molecule has 1 atom stereocenters. The van der Waals surface area contributed by atoms with Crippen LogP contribution in [0.2, 0.25) is 0 Å². The number of hydrogen-bond donors (Lipinski definition) is 2. The van der Waals surface area contributed by atoms with Gasteiger partial charge in [0.15, 0.2) is 0 Å². The maximum atomic E-state index is 9.41. The highest BCUT2D eigenvalue weighted by Crippen LogP contribution is 2.31. The monoisotopic (exact) mass is 218 g/mol. The molecule has 0 saturated heterocycles. The number of aliphatic hydroxyl groups excluding tert-OH is 1. The lowest BCUT2D eigenvalue weighted by atomic mass is 9.91. The minimum Gasteiger partial charge on any atom is -0.394 e. The van der Waals surface area contributed by atoms with Crippen molar-refractivity contribution >= 4 is 10.9 Å². The summed E-state index contributed by atoms with van der Waals surface area (Å²) in [5, 5.41) is 10.5. The van der Waals surface area contributed by atoms with Crippen molar-refractivity contribution in [2.45, 2.75) is 19.4 Å².